The van der Waals surface area contributed by atoms with Gasteiger partial charge in [0.2, 0.25) is 11.8 Å². The number of halogens is 4. The second-order valence-corrected chi connectivity index (χ2v) is 9.82. The number of ether oxygens (including phenoxy) is 1. The van der Waals surface area contributed by atoms with E-state index in [2.05, 4.69) is 16.0 Å². The molecule has 3 unspecified atom stereocenters. The van der Waals surface area contributed by atoms with Crippen molar-refractivity contribution in [2.24, 2.45) is 5.92 Å². The number of methoxy groups -OCH3 is 1. The van der Waals surface area contributed by atoms with Gasteiger partial charge < -0.3 is 20.7 Å². The molecule has 0 fully saturated rings. The third-order valence-electron chi connectivity index (χ3n) is 5.06. The highest BCUT2D eigenvalue weighted by atomic mass is 35.5. The Morgan fingerprint density at radius 1 is 0.917 bits per heavy atom. The number of carbonyl (C=O) groups is 4. The zero-order valence-corrected chi connectivity index (χ0v) is 21.3. The quantitative estimate of drug-likeness (QED) is 0.420. The highest BCUT2D eigenvalue weighted by Gasteiger charge is 2.45. The third kappa shape index (κ3) is 7.69. The van der Waals surface area contributed by atoms with E-state index in [4.69, 9.17) is 16.3 Å². The minimum Gasteiger partial charge on any atom is -0.497 e. The van der Waals surface area contributed by atoms with Crippen molar-refractivity contribution in [3.8, 4) is 5.75 Å². The van der Waals surface area contributed by atoms with E-state index < -0.39 is 53.7 Å². The van der Waals surface area contributed by atoms with Gasteiger partial charge in [-0.15, -0.1) is 11.3 Å². The van der Waals surface area contributed by atoms with Gasteiger partial charge in [-0.2, -0.15) is 13.2 Å². The van der Waals surface area contributed by atoms with E-state index in [0.29, 0.717) is 10.1 Å². The van der Waals surface area contributed by atoms with Gasteiger partial charge >= 0.3 is 6.18 Å². The molecule has 2 rings (SSSR count). The number of ketones is 1. The number of rotatable bonds is 10. The van der Waals surface area contributed by atoms with Crippen LogP contribution in [0.2, 0.25) is 4.34 Å². The summed E-state index contributed by atoms with van der Waals surface area (Å²) >= 11 is 6.83. The molecule has 1 aromatic carbocycles. The number of Topliss-reactive ketones (excluding diaryl/α,β-unsaturated/α-hetero) is 1. The summed E-state index contributed by atoms with van der Waals surface area (Å²) in [6, 6.07) is 4.41. The van der Waals surface area contributed by atoms with Crippen LogP contribution in [0.4, 0.5) is 13.2 Å². The summed E-state index contributed by atoms with van der Waals surface area (Å²) < 4.78 is 44.6. The molecule has 1 aromatic heterocycles. The Hall–Kier alpha value is -3.12. The molecule has 0 aliphatic carbocycles. The molecule has 8 nitrogen and oxygen atoms in total. The number of alkyl halides is 3. The van der Waals surface area contributed by atoms with E-state index in [-0.39, 0.29) is 10.4 Å². The lowest BCUT2D eigenvalue weighted by molar-refractivity contribution is -0.175. The molecule has 3 N–H and O–H groups in total. The Bertz CT molecular complexity index is 1110. The van der Waals surface area contributed by atoms with Crippen molar-refractivity contribution >= 4 is 46.4 Å². The number of amides is 3. The van der Waals surface area contributed by atoms with Gasteiger partial charge in [0.15, 0.2) is 0 Å². The Balaban J connectivity index is 2.26. The lowest BCUT2D eigenvalue weighted by Gasteiger charge is -2.26. The molecule has 3 atom stereocenters. The second kappa shape index (κ2) is 12.2. The van der Waals surface area contributed by atoms with Crippen molar-refractivity contribution in [3.63, 3.8) is 0 Å². The SMILES string of the molecule is COc1ccc(C(NC(=O)C(C)NC(=O)c2ccc(Cl)s2)C(=O)NC(C(=O)C(F)(F)F)C(C)C)cc1. The Morgan fingerprint density at radius 3 is 2.00 bits per heavy atom. The molecule has 1 heterocycles. The van der Waals surface area contributed by atoms with E-state index in [0.717, 1.165) is 11.3 Å². The van der Waals surface area contributed by atoms with Gasteiger partial charge in [-0.25, -0.2) is 0 Å². The predicted octanol–water partition coefficient (Wildman–Crippen LogP) is 3.66. The molecule has 0 saturated carbocycles. The minimum atomic E-state index is -5.16. The molecule has 3 amide bonds. The highest BCUT2D eigenvalue weighted by molar-refractivity contribution is 7.18. The molecule has 0 aliphatic rings. The molecular weight excluding hydrogens is 523 g/mol. The number of nitrogens with one attached hydrogen (secondary N) is 3. The van der Waals surface area contributed by atoms with Crippen LogP contribution in [0.1, 0.15) is 42.0 Å². The zero-order valence-electron chi connectivity index (χ0n) is 19.7. The molecule has 0 aliphatic heterocycles. The standard InChI is InChI=1S/C23H25ClF3N3O5S/c1-11(2)17(19(31)23(25,26)27)29-22(34)18(13-5-7-14(35-4)8-6-13)30-20(32)12(3)28-21(33)15-9-10-16(24)36-15/h5-12,17-18H,1-4H3,(H,28,33)(H,29,34)(H,30,32). The maximum absolute atomic E-state index is 13.1. The van der Waals surface area contributed by atoms with Gasteiger partial charge in [-0.1, -0.05) is 37.6 Å². The monoisotopic (exact) mass is 547 g/mol. The van der Waals surface area contributed by atoms with Gasteiger partial charge in [0.1, 0.15) is 17.8 Å². The summed E-state index contributed by atoms with van der Waals surface area (Å²) in [5, 5.41) is 7.01. The predicted molar refractivity (Wildman–Crippen MR) is 128 cm³/mol. The summed E-state index contributed by atoms with van der Waals surface area (Å²) in [5.74, 6) is -4.95. The molecule has 0 bridgehead atoms. The van der Waals surface area contributed by atoms with Gasteiger partial charge in [-0.05, 0) is 42.7 Å². The first-order valence-corrected chi connectivity index (χ1v) is 11.9. The van der Waals surface area contributed by atoms with E-state index in [9.17, 15) is 32.3 Å². The van der Waals surface area contributed by atoms with Gasteiger partial charge in [0.25, 0.3) is 11.7 Å². The normalized spacial score (nSPS) is 13.9. The average molecular weight is 548 g/mol. The van der Waals surface area contributed by atoms with Crippen LogP contribution >= 0.6 is 22.9 Å². The van der Waals surface area contributed by atoms with Crippen LogP contribution < -0.4 is 20.7 Å². The molecule has 36 heavy (non-hydrogen) atoms. The third-order valence-corrected chi connectivity index (χ3v) is 6.29. The van der Waals surface area contributed by atoms with Crippen molar-refractivity contribution in [2.45, 2.75) is 45.1 Å². The van der Waals surface area contributed by atoms with Crippen molar-refractivity contribution in [1.82, 2.24) is 16.0 Å². The van der Waals surface area contributed by atoms with Crippen molar-refractivity contribution in [1.29, 1.82) is 0 Å². The van der Waals surface area contributed by atoms with E-state index in [1.165, 1.54) is 64.3 Å². The number of hydrogen-bond acceptors (Lipinski definition) is 6. The molecule has 0 radical (unpaired) electrons. The Morgan fingerprint density at radius 2 is 1.53 bits per heavy atom. The summed E-state index contributed by atoms with van der Waals surface area (Å²) in [5.41, 5.74) is 0.215. The van der Waals surface area contributed by atoms with Crippen molar-refractivity contribution < 1.29 is 37.1 Å². The molecule has 0 saturated heterocycles. The minimum absolute atomic E-state index is 0.215. The first kappa shape index (κ1) is 29.1. The van der Waals surface area contributed by atoms with Crippen LogP contribution in [0.5, 0.6) is 5.75 Å². The maximum atomic E-state index is 13.1. The highest BCUT2D eigenvalue weighted by Crippen LogP contribution is 2.24. The number of carbonyl (C=O) groups excluding carboxylic acids is 4. The van der Waals surface area contributed by atoms with Crippen molar-refractivity contribution in [2.75, 3.05) is 7.11 Å². The Labute approximate surface area is 214 Å². The Kier molecular flexibility index (Phi) is 9.88. The molecule has 0 spiro atoms. The van der Waals surface area contributed by atoms with Crippen molar-refractivity contribution in [3.05, 3.63) is 51.2 Å². The lowest BCUT2D eigenvalue weighted by Crippen LogP contribution is -2.54. The van der Waals surface area contributed by atoms with Gasteiger partial charge in [0.05, 0.1) is 22.4 Å². The van der Waals surface area contributed by atoms with Gasteiger partial charge in [-0.3, -0.25) is 19.2 Å². The lowest BCUT2D eigenvalue weighted by atomic mass is 9.97. The second-order valence-electron chi connectivity index (χ2n) is 8.11. The molecule has 196 valence electrons. The number of thiophene rings is 1. The maximum Gasteiger partial charge on any atom is 0.452 e. The van der Waals surface area contributed by atoms with Crippen LogP contribution in [0.15, 0.2) is 36.4 Å². The summed E-state index contributed by atoms with van der Waals surface area (Å²) in [6.07, 6.45) is -5.16. The van der Waals surface area contributed by atoms with Crippen LogP contribution in [0.3, 0.4) is 0 Å². The fraction of sp³-hybridized carbons (Fsp3) is 0.391. The zero-order chi connectivity index (χ0) is 27.2. The summed E-state index contributed by atoms with van der Waals surface area (Å²) in [6.45, 7) is 4.07. The van der Waals surface area contributed by atoms with E-state index in [1.54, 1.807) is 0 Å². The van der Waals surface area contributed by atoms with E-state index >= 15 is 0 Å². The first-order valence-electron chi connectivity index (χ1n) is 10.7. The smallest absolute Gasteiger partial charge is 0.452 e. The average Bonchev–Trinajstić information content (AvgIpc) is 3.25. The first-order chi connectivity index (χ1) is 16.7. The summed E-state index contributed by atoms with van der Waals surface area (Å²) in [7, 11) is 1.42. The summed E-state index contributed by atoms with van der Waals surface area (Å²) in [4.78, 5) is 50.4. The number of benzene rings is 1. The van der Waals surface area contributed by atoms with E-state index in [1.807, 2.05) is 0 Å². The van der Waals surface area contributed by atoms with Crippen LogP contribution in [0.25, 0.3) is 0 Å². The number of hydrogen-bond donors (Lipinski definition) is 3. The fourth-order valence-corrected chi connectivity index (χ4v) is 4.03. The van der Waals surface area contributed by atoms with Crippen LogP contribution in [-0.2, 0) is 14.4 Å². The largest absolute Gasteiger partial charge is 0.497 e. The molecule has 13 heteroatoms. The van der Waals surface area contributed by atoms with Gasteiger partial charge in [0, 0.05) is 0 Å². The topological polar surface area (TPSA) is 114 Å². The van der Waals surface area contributed by atoms with Crippen LogP contribution in [0, 0.1) is 5.92 Å². The fourth-order valence-electron chi connectivity index (χ4n) is 3.08. The molecular formula is C23H25ClF3N3O5S. The molecule has 2 aromatic rings. The van der Waals surface area contributed by atoms with Crippen LogP contribution in [-0.4, -0.2) is 48.9 Å².